The molecule has 3 saturated carbocycles. The summed E-state index contributed by atoms with van der Waals surface area (Å²) >= 11 is 0. The molecule has 0 aromatic carbocycles. The molecule has 1 heterocycles. The van der Waals surface area contributed by atoms with Gasteiger partial charge < -0.3 is 9.84 Å². The first-order valence-electron chi connectivity index (χ1n) is 9.04. The summed E-state index contributed by atoms with van der Waals surface area (Å²) in [4.78, 5) is 0. The number of fused-ring (bicyclic) bond motifs is 5. The van der Waals surface area contributed by atoms with Crippen molar-refractivity contribution in [3.63, 3.8) is 0 Å². The summed E-state index contributed by atoms with van der Waals surface area (Å²) in [5.41, 5.74) is 0.567. The Balaban J connectivity index is 1.63. The van der Waals surface area contributed by atoms with Crippen LogP contribution in [0.1, 0.15) is 65.2 Å². The molecule has 2 heteroatoms. The van der Waals surface area contributed by atoms with Crippen molar-refractivity contribution in [2.75, 3.05) is 0 Å². The van der Waals surface area contributed by atoms with Crippen molar-refractivity contribution in [1.29, 1.82) is 0 Å². The molecule has 0 bridgehead atoms. The fraction of sp³-hybridized carbons (Fsp3) is 0.895. The lowest BCUT2D eigenvalue weighted by molar-refractivity contribution is -0.161. The Morgan fingerprint density at radius 3 is 2.76 bits per heavy atom. The van der Waals surface area contributed by atoms with Crippen LogP contribution < -0.4 is 0 Å². The second kappa shape index (κ2) is 4.75. The third-order valence-electron chi connectivity index (χ3n) is 7.79. The molecule has 0 aromatic rings. The van der Waals surface area contributed by atoms with Gasteiger partial charge in [-0.1, -0.05) is 6.92 Å². The molecule has 1 aliphatic heterocycles. The minimum Gasteiger partial charge on any atom is -0.495 e. The van der Waals surface area contributed by atoms with Crippen LogP contribution in [0.3, 0.4) is 0 Å². The number of ether oxygens (including phenoxy) is 1. The molecule has 7 atom stereocenters. The normalized spacial score (nSPS) is 55.9. The lowest BCUT2D eigenvalue weighted by Crippen LogP contribution is -2.57. The Bertz CT molecular complexity index is 445. The van der Waals surface area contributed by atoms with Crippen molar-refractivity contribution in [3.8, 4) is 0 Å². The predicted molar refractivity (Wildman–Crippen MR) is 83.6 cm³/mol. The van der Waals surface area contributed by atoms with Crippen molar-refractivity contribution in [2.24, 2.45) is 29.1 Å². The monoisotopic (exact) mass is 290 g/mol. The van der Waals surface area contributed by atoms with Gasteiger partial charge in [-0.2, -0.15) is 0 Å². The van der Waals surface area contributed by atoms with Crippen LogP contribution in [0.2, 0.25) is 0 Å². The molecule has 21 heavy (non-hydrogen) atoms. The van der Waals surface area contributed by atoms with E-state index in [-0.39, 0.29) is 11.7 Å². The molecule has 0 radical (unpaired) electrons. The number of hydrogen-bond acceptors (Lipinski definition) is 2. The van der Waals surface area contributed by atoms with Crippen molar-refractivity contribution in [2.45, 2.75) is 76.9 Å². The van der Waals surface area contributed by atoms with Gasteiger partial charge in [0, 0.05) is 5.92 Å². The third kappa shape index (κ3) is 2.01. The maximum Gasteiger partial charge on any atom is 0.109 e. The zero-order chi connectivity index (χ0) is 14.7. The first-order chi connectivity index (χ1) is 10.0. The van der Waals surface area contributed by atoms with Gasteiger partial charge in [0.1, 0.15) is 5.60 Å². The zero-order valence-electron chi connectivity index (χ0n) is 13.6. The first-order valence-corrected chi connectivity index (χ1v) is 9.04. The van der Waals surface area contributed by atoms with E-state index in [4.69, 9.17) is 4.74 Å². The largest absolute Gasteiger partial charge is 0.495 e. The molecule has 3 aliphatic carbocycles. The fourth-order valence-corrected chi connectivity index (χ4v) is 6.50. The lowest BCUT2D eigenvalue weighted by Gasteiger charge is -2.61. The standard InChI is InChI=1S/C19H30O2/c1-18-9-7-14(20)12-13(18)5-6-15-16(18)8-10-19(2)17(15)4-3-11-21-19/h3,11,13-17,20H,4-10,12H2,1-2H3/t13-,14-,15+,16-,17+,18+,19+/m0/s1. The molecule has 0 amide bonds. The molecule has 0 spiro atoms. The topological polar surface area (TPSA) is 29.5 Å². The number of allylic oxidation sites excluding steroid dienone is 1. The van der Waals surface area contributed by atoms with E-state index in [1.807, 2.05) is 6.26 Å². The predicted octanol–water partition coefficient (Wildman–Crippen LogP) is 4.28. The van der Waals surface area contributed by atoms with Crippen LogP contribution in [-0.2, 0) is 4.74 Å². The summed E-state index contributed by atoms with van der Waals surface area (Å²) < 4.78 is 6.08. The Morgan fingerprint density at radius 1 is 1.05 bits per heavy atom. The van der Waals surface area contributed by atoms with Crippen LogP contribution in [0.25, 0.3) is 0 Å². The Hall–Kier alpha value is -0.500. The van der Waals surface area contributed by atoms with E-state index in [1.165, 1.54) is 38.5 Å². The fourth-order valence-electron chi connectivity index (χ4n) is 6.50. The number of aliphatic hydroxyl groups excluding tert-OH is 1. The highest BCUT2D eigenvalue weighted by Crippen LogP contribution is 2.62. The van der Waals surface area contributed by atoms with E-state index in [2.05, 4.69) is 19.9 Å². The second-order valence-corrected chi connectivity index (χ2v) is 8.66. The van der Waals surface area contributed by atoms with Gasteiger partial charge in [-0.15, -0.1) is 0 Å². The van der Waals surface area contributed by atoms with Crippen molar-refractivity contribution < 1.29 is 9.84 Å². The minimum atomic E-state index is -0.0329. The third-order valence-corrected chi connectivity index (χ3v) is 7.79. The molecule has 4 rings (SSSR count). The van der Waals surface area contributed by atoms with Gasteiger partial charge in [-0.3, -0.25) is 0 Å². The summed E-state index contributed by atoms with van der Waals surface area (Å²) in [6.45, 7) is 4.89. The maximum atomic E-state index is 10.1. The van der Waals surface area contributed by atoms with Gasteiger partial charge in [0.2, 0.25) is 0 Å². The van der Waals surface area contributed by atoms with Crippen LogP contribution in [0.15, 0.2) is 12.3 Å². The van der Waals surface area contributed by atoms with E-state index in [0.717, 1.165) is 30.6 Å². The Morgan fingerprint density at radius 2 is 1.90 bits per heavy atom. The van der Waals surface area contributed by atoms with Gasteiger partial charge in [-0.25, -0.2) is 0 Å². The molecule has 1 N–H and O–H groups in total. The molecule has 2 nitrogen and oxygen atoms in total. The van der Waals surface area contributed by atoms with Crippen LogP contribution >= 0.6 is 0 Å². The number of aliphatic hydroxyl groups is 1. The minimum absolute atomic E-state index is 0.0329. The van der Waals surface area contributed by atoms with Crippen molar-refractivity contribution in [3.05, 3.63) is 12.3 Å². The highest BCUT2D eigenvalue weighted by atomic mass is 16.5. The summed E-state index contributed by atoms with van der Waals surface area (Å²) in [6, 6.07) is 0. The summed E-state index contributed by atoms with van der Waals surface area (Å²) in [5, 5.41) is 10.1. The Kier molecular flexibility index (Phi) is 3.19. The molecule has 118 valence electrons. The van der Waals surface area contributed by atoms with Gasteiger partial charge in [0.25, 0.3) is 0 Å². The van der Waals surface area contributed by atoms with Crippen molar-refractivity contribution in [1.82, 2.24) is 0 Å². The average Bonchev–Trinajstić information content (AvgIpc) is 2.47. The van der Waals surface area contributed by atoms with E-state index in [0.29, 0.717) is 11.3 Å². The first kappa shape index (κ1) is 14.1. The van der Waals surface area contributed by atoms with Crippen LogP contribution in [0, 0.1) is 29.1 Å². The van der Waals surface area contributed by atoms with Gasteiger partial charge in [-0.05, 0) is 87.5 Å². The summed E-state index contributed by atoms with van der Waals surface area (Å²) in [6.07, 6.45) is 13.9. The highest BCUT2D eigenvalue weighted by Gasteiger charge is 2.57. The zero-order valence-corrected chi connectivity index (χ0v) is 13.6. The van der Waals surface area contributed by atoms with Crippen molar-refractivity contribution >= 4 is 0 Å². The summed E-state index contributed by atoms with van der Waals surface area (Å²) in [7, 11) is 0. The molecule has 4 aliphatic rings. The lowest BCUT2D eigenvalue weighted by atomic mass is 9.46. The average molecular weight is 290 g/mol. The number of hydrogen-bond donors (Lipinski definition) is 1. The molecule has 0 unspecified atom stereocenters. The molecular formula is C19H30O2. The summed E-state index contributed by atoms with van der Waals surface area (Å²) in [5.74, 6) is 3.17. The van der Waals surface area contributed by atoms with Gasteiger partial charge in [0.05, 0.1) is 12.4 Å². The molecule has 0 aromatic heterocycles. The molecular weight excluding hydrogens is 260 g/mol. The number of rotatable bonds is 0. The Labute approximate surface area is 129 Å². The quantitative estimate of drug-likeness (QED) is 0.721. The van der Waals surface area contributed by atoms with Gasteiger partial charge in [0.15, 0.2) is 0 Å². The highest BCUT2D eigenvalue weighted by molar-refractivity contribution is 5.09. The van der Waals surface area contributed by atoms with Crippen LogP contribution in [0.5, 0.6) is 0 Å². The van der Waals surface area contributed by atoms with Crippen LogP contribution in [-0.4, -0.2) is 16.8 Å². The molecule has 3 fully saturated rings. The molecule has 0 saturated heterocycles. The van der Waals surface area contributed by atoms with E-state index < -0.39 is 0 Å². The maximum absolute atomic E-state index is 10.1. The van der Waals surface area contributed by atoms with E-state index >= 15 is 0 Å². The van der Waals surface area contributed by atoms with E-state index in [9.17, 15) is 5.11 Å². The van der Waals surface area contributed by atoms with E-state index in [1.54, 1.807) is 0 Å². The second-order valence-electron chi connectivity index (χ2n) is 8.66. The smallest absolute Gasteiger partial charge is 0.109 e. The van der Waals surface area contributed by atoms with Crippen LogP contribution in [0.4, 0.5) is 0 Å². The van der Waals surface area contributed by atoms with Gasteiger partial charge >= 0.3 is 0 Å². The SMILES string of the molecule is C[C@@]12CC[C@H](O)C[C@@H]1CC[C@H]1[C@H]3CC=CO[C@]3(C)CC[C@@H]12.